The van der Waals surface area contributed by atoms with Crippen molar-refractivity contribution in [2.24, 2.45) is 45.6 Å². The smallest absolute Gasteiger partial charge is 0.141 e. The van der Waals surface area contributed by atoms with Crippen LogP contribution in [0.2, 0.25) is 0 Å². The summed E-state index contributed by atoms with van der Waals surface area (Å²) in [5, 5.41) is 7.99. The fourth-order valence-electron chi connectivity index (χ4n) is 8.25. The third-order valence-electron chi connectivity index (χ3n) is 9.92. The van der Waals surface area contributed by atoms with Gasteiger partial charge in [-0.25, -0.2) is 0 Å². The summed E-state index contributed by atoms with van der Waals surface area (Å²) in [6.45, 7) is 9.36. The lowest BCUT2D eigenvalue weighted by molar-refractivity contribution is -0.141. The van der Waals surface area contributed by atoms with E-state index in [1.54, 1.807) is 0 Å². The minimum Gasteiger partial charge on any atom is -0.391 e. The second-order valence-corrected chi connectivity index (χ2v) is 11.2. The van der Waals surface area contributed by atoms with Crippen molar-refractivity contribution in [2.75, 3.05) is 13.1 Å². The molecule has 1 aliphatic heterocycles. The van der Waals surface area contributed by atoms with E-state index in [0.29, 0.717) is 17.1 Å². The molecule has 1 heterocycles. The van der Waals surface area contributed by atoms with Crippen LogP contribution in [0.1, 0.15) is 78.6 Å². The van der Waals surface area contributed by atoms with Crippen molar-refractivity contribution in [3.8, 4) is 0 Å². The van der Waals surface area contributed by atoms with Crippen molar-refractivity contribution >= 4 is 11.5 Å². The van der Waals surface area contributed by atoms with Crippen molar-refractivity contribution in [2.45, 2.75) is 84.7 Å². The SMILES string of the molecule is C[C@H]1C[C@@H]2[C@H](CC[C@]3(C)C(=O)CC[C@@H]23)[C@@]2(C)CC/C(=N\OC3CCNC3)CC12. The summed E-state index contributed by atoms with van der Waals surface area (Å²) in [4.78, 5) is 18.5. The van der Waals surface area contributed by atoms with Gasteiger partial charge in [-0.05, 0) is 86.5 Å². The maximum absolute atomic E-state index is 12.6. The zero-order valence-electron chi connectivity index (χ0n) is 18.0. The molecule has 5 aliphatic rings. The molecule has 5 fully saturated rings. The predicted octanol–water partition coefficient (Wildman–Crippen LogP) is 4.58. The van der Waals surface area contributed by atoms with Crippen LogP contribution < -0.4 is 5.32 Å². The lowest BCUT2D eigenvalue weighted by atomic mass is 9.43. The molecular weight excluding hydrogens is 348 g/mol. The highest BCUT2D eigenvalue weighted by Crippen LogP contribution is 2.66. The summed E-state index contributed by atoms with van der Waals surface area (Å²) in [6, 6.07) is 0. The second-order valence-electron chi connectivity index (χ2n) is 11.2. The topological polar surface area (TPSA) is 50.7 Å². The summed E-state index contributed by atoms with van der Waals surface area (Å²) in [5.74, 6) is 4.23. The van der Waals surface area contributed by atoms with E-state index in [9.17, 15) is 4.79 Å². The van der Waals surface area contributed by atoms with Crippen LogP contribution in [0.3, 0.4) is 0 Å². The van der Waals surface area contributed by atoms with Crippen LogP contribution >= 0.6 is 0 Å². The quantitative estimate of drug-likeness (QED) is 0.707. The summed E-state index contributed by atoms with van der Waals surface area (Å²) in [7, 11) is 0. The molecule has 0 radical (unpaired) electrons. The van der Waals surface area contributed by atoms with Crippen molar-refractivity contribution in [3.05, 3.63) is 0 Å². The highest BCUT2D eigenvalue weighted by Gasteiger charge is 2.61. The Morgan fingerprint density at radius 3 is 2.71 bits per heavy atom. The van der Waals surface area contributed by atoms with Crippen LogP contribution in [0, 0.1) is 40.4 Å². The molecule has 0 amide bonds. The van der Waals surface area contributed by atoms with Crippen molar-refractivity contribution in [1.82, 2.24) is 5.32 Å². The van der Waals surface area contributed by atoms with E-state index < -0.39 is 0 Å². The van der Waals surface area contributed by atoms with Gasteiger partial charge < -0.3 is 10.2 Å². The number of rotatable bonds is 2. The van der Waals surface area contributed by atoms with Gasteiger partial charge in [-0.2, -0.15) is 0 Å². The average molecular weight is 387 g/mol. The van der Waals surface area contributed by atoms with E-state index in [0.717, 1.165) is 75.3 Å². The second kappa shape index (κ2) is 6.82. The Morgan fingerprint density at radius 2 is 1.93 bits per heavy atom. The summed E-state index contributed by atoms with van der Waals surface area (Å²) in [6.07, 6.45) is 10.5. The maximum Gasteiger partial charge on any atom is 0.141 e. The third-order valence-corrected chi connectivity index (χ3v) is 9.92. The molecule has 28 heavy (non-hydrogen) atoms. The van der Waals surface area contributed by atoms with E-state index in [4.69, 9.17) is 4.84 Å². The molecule has 4 aliphatic carbocycles. The number of oxime groups is 1. The van der Waals surface area contributed by atoms with Crippen molar-refractivity contribution in [3.63, 3.8) is 0 Å². The first-order valence-corrected chi connectivity index (χ1v) is 11.9. The molecule has 2 unspecified atom stereocenters. The van der Waals surface area contributed by atoms with E-state index in [1.807, 2.05) is 0 Å². The van der Waals surface area contributed by atoms with Crippen LogP contribution in [0.15, 0.2) is 5.16 Å². The number of fused-ring (bicyclic) bond motifs is 5. The normalized spacial score (nSPS) is 52.2. The van der Waals surface area contributed by atoms with E-state index >= 15 is 0 Å². The molecule has 4 heteroatoms. The number of nitrogens with one attached hydrogen (secondary N) is 1. The Kier molecular flexibility index (Phi) is 4.65. The first-order chi connectivity index (χ1) is 13.4. The van der Waals surface area contributed by atoms with Gasteiger partial charge in [0.15, 0.2) is 0 Å². The molecule has 4 nitrogen and oxygen atoms in total. The molecular formula is C24H38N2O2. The number of nitrogens with zero attached hydrogens (tertiary/aromatic N) is 1. The number of hydrogen-bond donors (Lipinski definition) is 1. The van der Waals surface area contributed by atoms with Gasteiger partial charge in [0, 0.05) is 24.8 Å². The third kappa shape index (κ3) is 2.80. The van der Waals surface area contributed by atoms with Gasteiger partial charge in [-0.15, -0.1) is 0 Å². The van der Waals surface area contributed by atoms with Crippen LogP contribution in [0.25, 0.3) is 0 Å². The molecule has 0 spiro atoms. The zero-order chi connectivity index (χ0) is 19.5. The minimum absolute atomic E-state index is 0.00543. The summed E-state index contributed by atoms with van der Waals surface area (Å²) >= 11 is 0. The first-order valence-electron chi connectivity index (χ1n) is 11.9. The molecule has 5 rings (SSSR count). The standard InChI is InChI=1S/C24H38N2O2/c1-15-12-18-19-4-5-22(27)24(19,3)10-7-20(18)23(2)9-6-16(13-21(15)23)26-28-17-8-11-25-14-17/h15,17-21,25H,4-14H2,1-3H3/b26-16+/t15-,17?,18-,19-,20-,21?,23+,24-/m0/s1. The molecule has 0 aromatic carbocycles. The van der Waals surface area contributed by atoms with Gasteiger partial charge in [0.2, 0.25) is 0 Å². The van der Waals surface area contributed by atoms with Gasteiger partial charge in [0.05, 0.1) is 5.71 Å². The predicted molar refractivity (Wildman–Crippen MR) is 111 cm³/mol. The lowest BCUT2D eigenvalue weighted by Gasteiger charge is -2.61. The zero-order valence-corrected chi connectivity index (χ0v) is 18.0. The Morgan fingerprint density at radius 1 is 1.07 bits per heavy atom. The van der Waals surface area contributed by atoms with E-state index in [2.05, 4.69) is 31.2 Å². The maximum atomic E-state index is 12.6. The minimum atomic E-state index is -0.00543. The molecule has 1 saturated heterocycles. The lowest BCUT2D eigenvalue weighted by Crippen LogP contribution is -2.56. The van der Waals surface area contributed by atoms with E-state index in [-0.39, 0.29) is 11.5 Å². The average Bonchev–Trinajstić information content (AvgIpc) is 3.29. The highest BCUT2D eigenvalue weighted by atomic mass is 16.6. The van der Waals surface area contributed by atoms with Gasteiger partial charge in [0.25, 0.3) is 0 Å². The molecule has 4 saturated carbocycles. The van der Waals surface area contributed by atoms with Crippen LogP contribution in [0.5, 0.6) is 0 Å². The Hall–Kier alpha value is -0.900. The number of carbonyl (C=O) groups is 1. The summed E-state index contributed by atoms with van der Waals surface area (Å²) < 4.78 is 0. The van der Waals surface area contributed by atoms with Gasteiger partial charge in [-0.1, -0.05) is 25.9 Å². The Labute approximate surface area is 170 Å². The highest BCUT2D eigenvalue weighted by molar-refractivity contribution is 5.87. The van der Waals surface area contributed by atoms with E-state index in [1.165, 1.54) is 25.0 Å². The molecule has 8 atom stereocenters. The monoisotopic (exact) mass is 386 g/mol. The molecule has 0 aromatic heterocycles. The Balaban J connectivity index is 1.34. The van der Waals surface area contributed by atoms with Gasteiger partial charge >= 0.3 is 0 Å². The van der Waals surface area contributed by atoms with Crippen LogP contribution in [-0.2, 0) is 9.63 Å². The number of carbonyl (C=O) groups excluding carboxylic acids is 1. The fraction of sp³-hybridized carbons (Fsp3) is 0.917. The van der Waals surface area contributed by atoms with Gasteiger partial charge in [-0.3, -0.25) is 4.79 Å². The van der Waals surface area contributed by atoms with Crippen molar-refractivity contribution in [1.29, 1.82) is 0 Å². The number of ketones is 1. The number of hydrogen-bond acceptors (Lipinski definition) is 4. The Bertz CT molecular complexity index is 670. The van der Waals surface area contributed by atoms with Crippen LogP contribution in [0.4, 0.5) is 0 Å². The first kappa shape index (κ1) is 19.1. The largest absolute Gasteiger partial charge is 0.391 e. The van der Waals surface area contributed by atoms with Crippen LogP contribution in [-0.4, -0.2) is 30.7 Å². The molecule has 1 N–H and O–H groups in total. The summed E-state index contributed by atoms with van der Waals surface area (Å²) in [5.41, 5.74) is 1.72. The number of Topliss-reactive ketones (excluding diaryl/α,β-unsaturated/α-hetero) is 1. The molecule has 0 bridgehead atoms. The fourth-order valence-corrected chi connectivity index (χ4v) is 8.25. The molecule has 156 valence electrons. The molecule has 0 aromatic rings. The van der Waals surface area contributed by atoms with Gasteiger partial charge in [0.1, 0.15) is 11.9 Å². The van der Waals surface area contributed by atoms with Crippen molar-refractivity contribution < 1.29 is 9.63 Å².